The maximum absolute atomic E-state index is 14.2. The van der Waals surface area contributed by atoms with E-state index >= 15 is 0 Å². The molecule has 3 aliphatic rings. The third-order valence-corrected chi connectivity index (χ3v) is 8.93. The first-order valence-electron chi connectivity index (χ1n) is 14.9. The minimum absolute atomic E-state index is 0.0788. The Morgan fingerprint density at radius 3 is 2.74 bits per heavy atom. The summed E-state index contributed by atoms with van der Waals surface area (Å²) in [5.41, 5.74) is 3.98. The molecule has 1 N–H and O–H groups in total. The Morgan fingerprint density at radius 1 is 1.21 bits per heavy atom. The molecule has 1 amide bonds. The molecule has 3 aliphatic heterocycles. The summed E-state index contributed by atoms with van der Waals surface area (Å²) in [6, 6.07) is 9.74. The number of morpholine rings is 1. The zero-order valence-electron chi connectivity index (χ0n) is 25.3. The van der Waals surface area contributed by atoms with Crippen LogP contribution in [0.2, 0.25) is 0 Å². The largest absolute Gasteiger partial charge is 0.466 e. The fourth-order valence-electron chi connectivity index (χ4n) is 6.69. The molecule has 42 heavy (non-hydrogen) atoms. The highest BCUT2D eigenvalue weighted by molar-refractivity contribution is 5.97. The van der Waals surface area contributed by atoms with Crippen molar-refractivity contribution in [3.8, 4) is 6.01 Å². The Kier molecular flexibility index (Phi) is 7.95. The number of methoxy groups -OCH3 is 1. The predicted octanol–water partition coefficient (Wildman–Crippen LogP) is 2.48. The number of nitrogens with zero attached hydrogens (tertiary/aromatic N) is 6. The Hall–Kier alpha value is -3.12. The van der Waals surface area contributed by atoms with E-state index in [0.29, 0.717) is 37.2 Å². The standard InChI is InChI=1S/C31H42FN7O3/c1-20-15-37(25(14-33-20)16-36-10-11-42-18-21(36)2)17-27(40)38-19-31(3,4)28-26(38)13-23(12-22-6-8-24(32)9-7-22)29-34-30(41-5)35-39(28)29/h6-9,13,20-21,25,33H,10-12,14-19H2,1-5H3/t20-,21-,25-/m1/s1. The molecule has 0 unspecified atom stereocenters. The van der Waals surface area contributed by atoms with E-state index in [-0.39, 0.29) is 29.2 Å². The van der Waals surface area contributed by atoms with Crippen LogP contribution >= 0.6 is 0 Å². The fourth-order valence-corrected chi connectivity index (χ4v) is 6.69. The second-order valence-electron chi connectivity index (χ2n) is 12.7. The molecule has 2 saturated heterocycles. The second kappa shape index (κ2) is 11.5. The third-order valence-electron chi connectivity index (χ3n) is 8.93. The minimum atomic E-state index is -0.351. The number of anilines is 1. The summed E-state index contributed by atoms with van der Waals surface area (Å²) in [4.78, 5) is 25.6. The van der Waals surface area contributed by atoms with Gasteiger partial charge in [-0.15, -0.1) is 5.10 Å². The van der Waals surface area contributed by atoms with E-state index in [4.69, 9.17) is 9.47 Å². The summed E-state index contributed by atoms with van der Waals surface area (Å²) in [5, 5.41) is 8.29. The third kappa shape index (κ3) is 5.62. The van der Waals surface area contributed by atoms with Gasteiger partial charge in [0.05, 0.1) is 38.2 Å². The maximum Gasteiger partial charge on any atom is 0.336 e. The first kappa shape index (κ1) is 29.0. The van der Waals surface area contributed by atoms with Gasteiger partial charge in [0.15, 0.2) is 5.65 Å². The van der Waals surface area contributed by atoms with Gasteiger partial charge in [0.1, 0.15) is 5.82 Å². The number of benzene rings is 1. The predicted molar refractivity (Wildman–Crippen MR) is 159 cm³/mol. The number of ether oxygens (including phenoxy) is 2. The van der Waals surface area contributed by atoms with Crippen LogP contribution in [0, 0.1) is 5.82 Å². The van der Waals surface area contributed by atoms with Crippen LogP contribution < -0.4 is 15.0 Å². The number of carbonyl (C=O) groups excluding carboxylic acids is 1. The zero-order valence-corrected chi connectivity index (χ0v) is 25.3. The number of fused-ring (bicyclic) bond motifs is 3. The van der Waals surface area contributed by atoms with Gasteiger partial charge in [-0.05, 0) is 37.6 Å². The van der Waals surface area contributed by atoms with Gasteiger partial charge in [-0.2, -0.15) is 4.98 Å². The van der Waals surface area contributed by atoms with Gasteiger partial charge in [-0.25, -0.2) is 8.91 Å². The summed E-state index contributed by atoms with van der Waals surface area (Å²) in [6.07, 6.45) is 0.524. The van der Waals surface area contributed by atoms with Crippen molar-refractivity contribution in [2.24, 2.45) is 0 Å². The van der Waals surface area contributed by atoms with Gasteiger partial charge in [-0.1, -0.05) is 26.0 Å². The molecule has 0 spiro atoms. The average Bonchev–Trinajstić information content (AvgIpc) is 3.51. The van der Waals surface area contributed by atoms with Crippen LogP contribution in [0.15, 0.2) is 30.3 Å². The van der Waals surface area contributed by atoms with E-state index in [1.54, 1.807) is 19.2 Å². The number of aromatic nitrogens is 3. The van der Waals surface area contributed by atoms with Crippen molar-refractivity contribution in [1.82, 2.24) is 29.7 Å². The smallest absolute Gasteiger partial charge is 0.336 e. The molecule has 2 fully saturated rings. The first-order chi connectivity index (χ1) is 20.1. The molecule has 2 aromatic heterocycles. The van der Waals surface area contributed by atoms with Gasteiger partial charge >= 0.3 is 6.01 Å². The molecule has 11 heteroatoms. The highest BCUT2D eigenvalue weighted by Gasteiger charge is 2.43. The van der Waals surface area contributed by atoms with E-state index in [9.17, 15) is 9.18 Å². The molecule has 0 saturated carbocycles. The molecule has 0 aliphatic carbocycles. The lowest BCUT2D eigenvalue weighted by atomic mass is 9.90. The zero-order chi connectivity index (χ0) is 29.6. The Morgan fingerprint density at radius 2 is 2.00 bits per heavy atom. The number of nitrogens with one attached hydrogen (secondary N) is 1. The first-order valence-corrected chi connectivity index (χ1v) is 14.9. The molecule has 226 valence electrons. The molecule has 1 aromatic carbocycles. The fraction of sp³-hybridized carbons (Fsp3) is 0.581. The van der Waals surface area contributed by atoms with Crippen molar-refractivity contribution in [3.05, 3.63) is 53.0 Å². The van der Waals surface area contributed by atoms with Gasteiger partial charge < -0.3 is 19.7 Å². The van der Waals surface area contributed by atoms with E-state index in [1.807, 2.05) is 9.42 Å². The number of carbonyl (C=O) groups is 1. The monoisotopic (exact) mass is 579 g/mol. The number of hydrogen-bond acceptors (Lipinski definition) is 8. The topological polar surface area (TPSA) is 87.5 Å². The molecule has 0 bridgehead atoms. The summed E-state index contributed by atoms with van der Waals surface area (Å²) in [6.45, 7) is 14.5. The summed E-state index contributed by atoms with van der Waals surface area (Å²) in [7, 11) is 1.55. The lowest BCUT2D eigenvalue weighted by Gasteiger charge is -2.43. The summed E-state index contributed by atoms with van der Waals surface area (Å²) < 4.78 is 26.5. The van der Waals surface area contributed by atoms with Gasteiger partial charge in [0.2, 0.25) is 5.91 Å². The van der Waals surface area contributed by atoms with Crippen molar-refractivity contribution < 1.29 is 18.7 Å². The lowest BCUT2D eigenvalue weighted by Crippen LogP contribution is -2.62. The second-order valence-corrected chi connectivity index (χ2v) is 12.7. The summed E-state index contributed by atoms with van der Waals surface area (Å²) >= 11 is 0. The molecule has 3 aromatic rings. The Labute approximate surface area is 246 Å². The SMILES string of the molecule is COc1nc2c(Cc3ccc(F)cc3)cc3c(n2n1)C(C)(C)CN3C(=O)CN1C[C@@H](C)NC[C@@H]1CN1CCOC[C@H]1C. The quantitative estimate of drug-likeness (QED) is 0.457. The average molecular weight is 580 g/mol. The van der Waals surface area contributed by atoms with Crippen molar-refractivity contribution in [2.75, 3.05) is 64.5 Å². The highest BCUT2D eigenvalue weighted by Crippen LogP contribution is 2.42. The van der Waals surface area contributed by atoms with Crippen LogP contribution in [-0.2, 0) is 21.4 Å². The number of rotatable bonds is 7. The van der Waals surface area contributed by atoms with E-state index in [0.717, 1.165) is 61.9 Å². The summed E-state index contributed by atoms with van der Waals surface area (Å²) in [5.74, 6) is -0.195. The van der Waals surface area contributed by atoms with Gasteiger partial charge in [-0.3, -0.25) is 14.6 Å². The van der Waals surface area contributed by atoms with Crippen LogP contribution in [0.4, 0.5) is 10.1 Å². The molecular weight excluding hydrogens is 537 g/mol. The molecule has 10 nitrogen and oxygen atoms in total. The van der Waals surface area contributed by atoms with Crippen molar-refractivity contribution >= 4 is 17.2 Å². The lowest BCUT2D eigenvalue weighted by molar-refractivity contribution is -0.121. The van der Waals surface area contributed by atoms with Crippen LogP contribution in [0.1, 0.15) is 44.5 Å². The molecular formula is C31H42FN7O3. The highest BCUT2D eigenvalue weighted by atomic mass is 19.1. The van der Waals surface area contributed by atoms with Crippen LogP contribution in [0.25, 0.3) is 5.65 Å². The normalized spacial score (nSPS) is 24.7. The van der Waals surface area contributed by atoms with E-state index < -0.39 is 0 Å². The number of halogens is 1. The molecule has 6 rings (SSSR count). The number of piperazine rings is 1. The van der Waals surface area contributed by atoms with E-state index in [2.05, 4.69) is 59.0 Å². The van der Waals surface area contributed by atoms with Crippen molar-refractivity contribution in [3.63, 3.8) is 0 Å². The Balaban J connectivity index is 1.31. The van der Waals surface area contributed by atoms with E-state index in [1.165, 1.54) is 12.1 Å². The van der Waals surface area contributed by atoms with Crippen molar-refractivity contribution in [1.29, 1.82) is 0 Å². The van der Waals surface area contributed by atoms with Crippen LogP contribution in [-0.4, -0.2) is 108 Å². The molecule has 3 atom stereocenters. The number of hydrogen-bond donors (Lipinski definition) is 1. The maximum atomic E-state index is 14.2. The Bertz CT molecular complexity index is 1440. The van der Waals surface area contributed by atoms with Crippen molar-refractivity contribution in [2.45, 2.75) is 57.7 Å². The molecule has 5 heterocycles. The van der Waals surface area contributed by atoms with Gasteiger partial charge in [0, 0.05) is 68.2 Å². The number of pyridine rings is 1. The minimum Gasteiger partial charge on any atom is -0.466 e. The van der Waals surface area contributed by atoms with Crippen LogP contribution in [0.5, 0.6) is 6.01 Å². The molecule has 0 radical (unpaired) electrons. The number of amides is 1. The van der Waals surface area contributed by atoms with Gasteiger partial charge in [0.25, 0.3) is 0 Å². The van der Waals surface area contributed by atoms with Crippen LogP contribution in [0.3, 0.4) is 0 Å².